The van der Waals surface area contributed by atoms with Crippen molar-refractivity contribution in [1.82, 2.24) is 0 Å². The molecule has 2 unspecified atom stereocenters. The van der Waals surface area contributed by atoms with Gasteiger partial charge in [-0.15, -0.1) is 0 Å². The first-order chi connectivity index (χ1) is 8.03. The lowest BCUT2D eigenvalue weighted by atomic mass is 9.89. The highest BCUT2D eigenvalue weighted by molar-refractivity contribution is 5.76. The Morgan fingerprint density at radius 2 is 2.00 bits per heavy atom. The van der Waals surface area contributed by atoms with Crippen molar-refractivity contribution >= 4 is 5.97 Å². The molecule has 2 atom stereocenters. The second-order valence-corrected chi connectivity index (χ2v) is 5.09. The van der Waals surface area contributed by atoms with Gasteiger partial charge in [0.1, 0.15) is 0 Å². The normalized spacial score (nSPS) is 16.3. The second kappa shape index (κ2) is 8.51. The van der Waals surface area contributed by atoms with E-state index in [1.165, 1.54) is 12.8 Å². The first-order valence-electron chi connectivity index (χ1n) is 6.82. The molecule has 0 saturated heterocycles. The Labute approximate surface area is 106 Å². The predicted octanol–water partition coefficient (Wildman–Crippen LogP) is 3.15. The smallest absolute Gasteiger partial charge is 0.314 e. The van der Waals surface area contributed by atoms with Crippen LogP contribution in [-0.2, 0) is 9.53 Å². The quantitative estimate of drug-likeness (QED) is 0.634. The summed E-state index contributed by atoms with van der Waals surface area (Å²) in [6.07, 6.45) is 5.11. The average Bonchev–Trinajstić information content (AvgIpc) is 2.37. The number of unbranched alkanes of at least 4 members (excludes halogenated alkanes) is 1. The zero-order valence-electron chi connectivity index (χ0n) is 11.8. The second-order valence-electron chi connectivity index (χ2n) is 5.09. The van der Waals surface area contributed by atoms with Crippen molar-refractivity contribution in [2.24, 2.45) is 11.3 Å². The number of rotatable bonds is 9. The topological polar surface area (TPSA) is 46.5 Å². The molecule has 0 aliphatic heterocycles. The largest absolute Gasteiger partial charge is 0.465 e. The average molecular weight is 244 g/mol. The number of esters is 1. The van der Waals surface area contributed by atoms with E-state index in [0.717, 1.165) is 12.8 Å². The zero-order valence-corrected chi connectivity index (χ0v) is 11.8. The summed E-state index contributed by atoms with van der Waals surface area (Å²) in [6.45, 7) is 8.28. The summed E-state index contributed by atoms with van der Waals surface area (Å²) < 4.78 is 5.34. The third kappa shape index (κ3) is 5.53. The van der Waals surface area contributed by atoms with Crippen LogP contribution in [0.3, 0.4) is 0 Å². The van der Waals surface area contributed by atoms with Crippen LogP contribution in [0.1, 0.15) is 59.8 Å². The summed E-state index contributed by atoms with van der Waals surface area (Å²) in [5.74, 6) is 0.191. The van der Waals surface area contributed by atoms with Crippen LogP contribution in [0.2, 0.25) is 0 Å². The first kappa shape index (κ1) is 16.4. The van der Waals surface area contributed by atoms with E-state index < -0.39 is 5.41 Å². The highest BCUT2D eigenvalue weighted by Crippen LogP contribution is 2.23. The van der Waals surface area contributed by atoms with E-state index in [1.54, 1.807) is 6.92 Å². The lowest BCUT2D eigenvalue weighted by Gasteiger charge is -2.24. The first-order valence-corrected chi connectivity index (χ1v) is 6.82. The van der Waals surface area contributed by atoms with Gasteiger partial charge in [-0.25, -0.2) is 0 Å². The van der Waals surface area contributed by atoms with E-state index in [0.29, 0.717) is 18.9 Å². The van der Waals surface area contributed by atoms with Gasteiger partial charge in [-0.1, -0.05) is 40.0 Å². The fraction of sp³-hybridized carbons (Fsp3) is 0.929. The molecule has 0 aliphatic carbocycles. The molecule has 0 aromatic heterocycles. The molecule has 0 aromatic carbocycles. The number of aliphatic hydroxyl groups excluding tert-OH is 1. The van der Waals surface area contributed by atoms with Crippen LogP contribution >= 0.6 is 0 Å². The van der Waals surface area contributed by atoms with Gasteiger partial charge in [-0.05, 0) is 25.7 Å². The molecule has 0 amide bonds. The van der Waals surface area contributed by atoms with E-state index in [9.17, 15) is 9.90 Å². The highest BCUT2D eigenvalue weighted by atomic mass is 16.5. The molecular weight excluding hydrogens is 216 g/mol. The Balaban J connectivity index is 4.11. The van der Waals surface area contributed by atoms with Crippen LogP contribution < -0.4 is 0 Å². The Hall–Kier alpha value is -0.570. The van der Waals surface area contributed by atoms with Gasteiger partial charge in [0.25, 0.3) is 0 Å². The van der Waals surface area contributed by atoms with E-state index in [4.69, 9.17) is 4.74 Å². The summed E-state index contributed by atoms with van der Waals surface area (Å²) in [5, 5.41) is 9.22. The third-order valence-corrected chi connectivity index (χ3v) is 3.62. The van der Waals surface area contributed by atoms with Crippen LogP contribution in [0.15, 0.2) is 0 Å². The SMILES string of the molecule is CCCCC(CC)COC(=O)C(C)(CC)CO. The minimum Gasteiger partial charge on any atom is -0.465 e. The third-order valence-electron chi connectivity index (χ3n) is 3.62. The molecule has 0 saturated carbocycles. The van der Waals surface area contributed by atoms with Gasteiger partial charge in [0, 0.05) is 0 Å². The minimum atomic E-state index is -0.733. The molecule has 0 rings (SSSR count). The van der Waals surface area contributed by atoms with Crippen LogP contribution in [0, 0.1) is 11.3 Å². The summed E-state index contributed by atoms with van der Waals surface area (Å²) in [5.41, 5.74) is -0.733. The predicted molar refractivity (Wildman–Crippen MR) is 69.7 cm³/mol. The number of carbonyl (C=O) groups is 1. The molecule has 0 aromatic rings. The maximum Gasteiger partial charge on any atom is 0.314 e. The summed E-state index contributed by atoms with van der Waals surface area (Å²) in [7, 11) is 0. The maximum atomic E-state index is 11.8. The molecule has 0 radical (unpaired) electrons. The number of hydrogen-bond acceptors (Lipinski definition) is 3. The molecule has 0 spiro atoms. The van der Waals surface area contributed by atoms with E-state index >= 15 is 0 Å². The molecule has 0 heterocycles. The van der Waals surface area contributed by atoms with E-state index in [2.05, 4.69) is 13.8 Å². The van der Waals surface area contributed by atoms with E-state index in [-0.39, 0.29) is 12.6 Å². The van der Waals surface area contributed by atoms with Gasteiger partial charge in [0.2, 0.25) is 0 Å². The number of ether oxygens (including phenoxy) is 1. The molecule has 0 bridgehead atoms. The van der Waals surface area contributed by atoms with Gasteiger partial charge in [0.15, 0.2) is 0 Å². The number of carbonyl (C=O) groups excluding carboxylic acids is 1. The number of aliphatic hydroxyl groups is 1. The lowest BCUT2D eigenvalue weighted by molar-refractivity contribution is -0.159. The van der Waals surface area contributed by atoms with Crippen molar-refractivity contribution in [2.75, 3.05) is 13.2 Å². The van der Waals surface area contributed by atoms with E-state index in [1.807, 2.05) is 6.92 Å². The van der Waals surface area contributed by atoms with Gasteiger partial charge in [-0.2, -0.15) is 0 Å². The molecule has 0 fully saturated rings. The fourth-order valence-corrected chi connectivity index (χ4v) is 1.59. The summed E-state index contributed by atoms with van der Waals surface area (Å²) in [6, 6.07) is 0. The molecule has 102 valence electrons. The standard InChI is InChI=1S/C14H28O3/c1-5-8-9-12(6-2)10-17-13(16)14(4,7-3)11-15/h12,15H,5-11H2,1-4H3. The Morgan fingerprint density at radius 1 is 1.35 bits per heavy atom. The molecule has 0 aliphatic rings. The fourth-order valence-electron chi connectivity index (χ4n) is 1.59. The molecule has 17 heavy (non-hydrogen) atoms. The number of hydrogen-bond donors (Lipinski definition) is 1. The lowest BCUT2D eigenvalue weighted by Crippen LogP contribution is -2.34. The van der Waals surface area contributed by atoms with Crippen molar-refractivity contribution in [3.8, 4) is 0 Å². The Kier molecular flexibility index (Phi) is 8.23. The maximum absolute atomic E-state index is 11.8. The monoisotopic (exact) mass is 244 g/mol. The molecule has 1 N–H and O–H groups in total. The van der Waals surface area contributed by atoms with Gasteiger partial charge in [0.05, 0.1) is 18.6 Å². The van der Waals surface area contributed by atoms with Crippen molar-refractivity contribution in [2.45, 2.75) is 59.8 Å². The summed E-state index contributed by atoms with van der Waals surface area (Å²) >= 11 is 0. The van der Waals surface area contributed by atoms with Gasteiger partial charge < -0.3 is 9.84 Å². The highest BCUT2D eigenvalue weighted by Gasteiger charge is 2.32. The Bertz CT molecular complexity index is 210. The molecule has 3 nitrogen and oxygen atoms in total. The zero-order chi connectivity index (χ0) is 13.3. The molecular formula is C14H28O3. The van der Waals surface area contributed by atoms with Crippen molar-refractivity contribution in [3.63, 3.8) is 0 Å². The van der Waals surface area contributed by atoms with Crippen LogP contribution in [0.5, 0.6) is 0 Å². The summed E-state index contributed by atoms with van der Waals surface area (Å²) in [4.78, 5) is 11.8. The van der Waals surface area contributed by atoms with Gasteiger partial charge >= 0.3 is 5.97 Å². The van der Waals surface area contributed by atoms with Crippen LogP contribution in [0.25, 0.3) is 0 Å². The van der Waals surface area contributed by atoms with Crippen LogP contribution in [0.4, 0.5) is 0 Å². The molecule has 3 heteroatoms. The van der Waals surface area contributed by atoms with Crippen molar-refractivity contribution in [1.29, 1.82) is 0 Å². The van der Waals surface area contributed by atoms with Gasteiger partial charge in [-0.3, -0.25) is 4.79 Å². The van der Waals surface area contributed by atoms with Crippen molar-refractivity contribution < 1.29 is 14.6 Å². The van der Waals surface area contributed by atoms with Crippen LogP contribution in [-0.4, -0.2) is 24.3 Å². The van der Waals surface area contributed by atoms with Crippen molar-refractivity contribution in [3.05, 3.63) is 0 Å². The minimum absolute atomic E-state index is 0.145. The Morgan fingerprint density at radius 3 is 2.41 bits per heavy atom.